The number of aromatic carboxylic acids is 1. The van der Waals surface area contributed by atoms with Gasteiger partial charge in [0.1, 0.15) is 15.4 Å². The van der Waals surface area contributed by atoms with Gasteiger partial charge in [0.2, 0.25) is 10.0 Å². The van der Waals surface area contributed by atoms with Gasteiger partial charge in [-0.2, -0.15) is 0 Å². The van der Waals surface area contributed by atoms with Gasteiger partial charge in [-0.3, -0.25) is 4.72 Å². The first-order valence-electron chi connectivity index (χ1n) is 4.97. The summed E-state index contributed by atoms with van der Waals surface area (Å²) in [6.45, 7) is 0. The number of aromatic nitrogens is 1. The van der Waals surface area contributed by atoms with E-state index in [0.717, 1.165) is 6.26 Å². The second kappa shape index (κ2) is 5.53. The number of pyridine rings is 1. The van der Waals surface area contributed by atoms with Crippen LogP contribution in [0.3, 0.4) is 0 Å². The smallest absolute Gasteiger partial charge is 0.339 e. The van der Waals surface area contributed by atoms with Gasteiger partial charge < -0.3 is 5.11 Å². The van der Waals surface area contributed by atoms with Crippen LogP contribution in [0, 0.1) is 0 Å². The molecule has 0 saturated carbocycles. The van der Waals surface area contributed by atoms with E-state index in [1.807, 2.05) is 4.72 Å². The maximum Gasteiger partial charge on any atom is 0.339 e. The molecule has 0 aliphatic rings. The summed E-state index contributed by atoms with van der Waals surface area (Å²) in [7, 11) is -7.41. The molecule has 0 unspecified atom stereocenters. The summed E-state index contributed by atoms with van der Waals surface area (Å²) in [5.41, 5.74) is -0.314. The fourth-order valence-corrected chi connectivity index (χ4v) is 3.77. The Morgan fingerprint density at radius 1 is 1.32 bits per heavy atom. The summed E-state index contributed by atoms with van der Waals surface area (Å²) < 4.78 is 47.0. The third-order valence-electron chi connectivity index (χ3n) is 2.01. The Morgan fingerprint density at radius 3 is 2.47 bits per heavy atom. The summed E-state index contributed by atoms with van der Waals surface area (Å²) in [6.07, 6.45) is 2.13. The number of anilines is 1. The van der Waals surface area contributed by atoms with Crippen molar-refractivity contribution in [2.45, 2.75) is 0 Å². The van der Waals surface area contributed by atoms with Crippen LogP contribution in [0.2, 0.25) is 0 Å². The summed E-state index contributed by atoms with van der Waals surface area (Å²) >= 11 is 0. The van der Waals surface area contributed by atoms with Gasteiger partial charge in [-0.15, -0.1) is 0 Å². The maximum absolute atomic E-state index is 11.6. The summed E-state index contributed by atoms with van der Waals surface area (Å²) in [5.74, 6) is -2.91. The average Bonchev–Trinajstić information content (AvgIpc) is 2.26. The van der Waals surface area contributed by atoms with Crippen LogP contribution in [-0.4, -0.2) is 50.7 Å². The van der Waals surface area contributed by atoms with Gasteiger partial charge in [-0.05, 0) is 12.1 Å². The standard InChI is InChI=1S/C9H12N2O6S2/c1-18(14,15)5-6-19(16,17)11-8-7(9(12)13)3-2-4-10-8/h2-4H,5-6H2,1H3,(H,10,11)(H,12,13). The lowest BCUT2D eigenvalue weighted by atomic mass is 10.3. The molecule has 1 heterocycles. The van der Waals surface area contributed by atoms with Crippen LogP contribution in [0.25, 0.3) is 0 Å². The molecule has 10 heteroatoms. The van der Waals surface area contributed by atoms with E-state index >= 15 is 0 Å². The molecule has 0 aliphatic heterocycles. The van der Waals surface area contributed by atoms with Crippen LogP contribution in [0.5, 0.6) is 0 Å². The van der Waals surface area contributed by atoms with E-state index in [1.54, 1.807) is 0 Å². The fraction of sp³-hybridized carbons (Fsp3) is 0.333. The number of hydrogen-bond acceptors (Lipinski definition) is 6. The minimum absolute atomic E-state index is 0.314. The lowest BCUT2D eigenvalue weighted by molar-refractivity contribution is 0.0697. The van der Waals surface area contributed by atoms with Crippen LogP contribution in [-0.2, 0) is 19.9 Å². The number of nitrogens with zero attached hydrogens (tertiary/aromatic N) is 1. The Hall–Kier alpha value is -1.68. The predicted octanol–water partition coefficient (Wildman–Crippen LogP) is -0.434. The highest BCUT2D eigenvalue weighted by Crippen LogP contribution is 2.13. The Kier molecular flexibility index (Phi) is 4.48. The molecule has 0 aromatic carbocycles. The Balaban J connectivity index is 2.93. The molecule has 1 rings (SSSR count). The number of nitrogens with one attached hydrogen (secondary N) is 1. The molecular formula is C9H12N2O6S2. The van der Waals surface area contributed by atoms with Crippen molar-refractivity contribution in [3.63, 3.8) is 0 Å². The molecule has 0 atom stereocenters. The Morgan fingerprint density at radius 2 is 1.95 bits per heavy atom. The molecule has 8 nitrogen and oxygen atoms in total. The molecule has 2 N–H and O–H groups in total. The summed E-state index contributed by atoms with van der Waals surface area (Å²) in [4.78, 5) is 14.5. The highest BCUT2D eigenvalue weighted by Gasteiger charge is 2.18. The molecule has 0 fully saturated rings. The van der Waals surface area contributed by atoms with Gasteiger partial charge in [0.25, 0.3) is 0 Å². The van der Waals surface area contributed by atoms with Crippen LogP contribution < -0.4 is 4.72 Å². The van der Waals surface area contributed by atoms with Gasteiger partial charge in [-0.1, -0.05) is 0 Å². The zero-order chi connectivity index (χ0) is 14.7. The number of rotatable bonds is 6. The topological polar surface area (TPSA) is 130 Å². The number of hydrogen-bond donors (Lipinski definition) is 2. The highest BCUT2D eigenvalue weighted by molar-refractivity contribution is 7.95. The highest BCUT2D eigenvalue weighted by atomic mass is 32.2. The van der Waals surface area contributed by atoms with E-state index in [1.165, 1.54) is 18.3 Å². The lowest BCUT2D eigenvalue weighted by Gasteiger charge is -2.08. The van der Waals surface area contributed by atoms with Crippen molar-refractivity contribution >= 4 is 31.6 Å². The van der Waals surface area contributed by atoms with E-state index in [2.05, 4.69) is 4.98 Å². The Labute approximate surface area is 110 Å². The molecule has 19 heavy (non-hydrogen) atoms. The zero-order valence-corrected chi connectivity index (χ0v) is 11.5. The molecule has 106 valence electrons. The lowest BCUT2D eigenvalue weighted by Crippen LogP contribution is -2.24. The van der Waals surface area contributed by atoms with Crippen LogP contribution >= 0.6 is 0 Å². The molecule has 0 spiro atoms. The van der Waals surface area contributed by atoms with E-state index in [4.69, 9.17) is 5.11 Å². The number of sulfonamides is 1. The first-order chi connectivity index (χ1) is 8.61. The molecular weight excluding hydrogens is 296 g/mol. The largest absolute Gasteiger partial charge is 0.478 e. The van der Waals surface area contributed by atoms with Crippen LogP contribution in [0.15, 0.2) is 18.3 Å². The normalized spacial score (nSPS) is 12.1. The maximum atomic E-state index is 11.6. The second-order valence-corrected chi connectivity index (χ2v) is 7.86. The molecule has 0 bridgehead atoms. The van der Waals surface area contributed by atoms with E-state index in [9.17, 15) is 21.6 Å². The van der Waals surface area contributed by atoms with Crippen molar-refractivity contribution < 1.29 is 26.7 Å². The van der Waals surface area contributed by atoms with Gasteiger partial charge in [0.05, 0.1) is 11.5 Å². The van der Waals surface area contributed by atoms with Crippen molar-refractivity contribution in [3.8, 4) is 0 Å². The Bertz CT molecular complexity index is 680. The van der Waals surface area contributed by atoms with Crippen molar-refractivity contribution in [3.05, 3.63) is 23.9 Å². The SMILES string of the molecule is CS(=O)(=O)CCS(=O)(=O)Nc1ncccc1C(=O)O. The zero-order valence-electron chi connectivity index (χ0n) is 9.90. The minimum Gasteiger partial charge on any atom is -0.478 e. The van der Waals surface area contributed by atoms with Crippen molar-refractivity contribution in [2.24, 2.45) is 0 Å². The third kappa shape index (κ3) is 5.22. The van der Waals surface area contributed by atoms with Gasteiger partial charge >= 0.3 is 5.97 Å². The number of carbonyl (C=O) groups is 1. The van der Waals surface area contributed by atoms with Crippen LogP contribution in [0.4, 0.5) is 5.82 Å². The quantitative estimate of drug-likeness (QED) is 0.728. The molecule has 0 amide bonds. The van der Waals surface area contributed by atoms with E-state index in [0.29, 0.717) is 0 Å². The average molecular weight is 308 g/mol. The number of sulfone groups is 1. The third-order valence-corrected chi connectivity index (χ3v) is 4.46. The first-order valence-corrected chi connectivity index (χ1v) is 8.68. The fourth-order valence-electron chi connectivity index (χ4n) is 1.12. The van der Waals surface area contributed by atoms with Gasteiger partial charge in [-0.25, -0.2) is 26.6 Å². The van der Waals surface area contributed by atoms with Crippen LogP contribution in [0.1, 0.15) is 10.4 Å². The predicted molar refractivity (Wildman–Crippen MR) is 68.3 cm³/mol. The van der Waals surface area contributed by atoms with Crippen molar-refractivity contribution in [1.82, 2.24) is 4.98 Å². The first kappa shape index (κ1) is 15.4. The number of carboxylic acid groups (broad SMARTS) is 1. The van der Waals surface area contributed by atoms with Gasteiger partial charge in [0, 0.05) is 12.5 Å². The van der Waals surface area contributed by atoms with Crippen molar-refractivity contribution in [2.75, 3.05) is 22.5 Å². The number of carboxylic acids is 1. The monoisotopic (exact) mass is 308 g/mol. The summed E-state index contributed by atoms with van der Waals surface area (Å²) in [5, 5.41) is 8.85. The molecule has 0 saturated heterocycles. The molecule has 1 aromatic heterocycles. The molecule has 0 radical (unpaired) electrons. The van der Waals surface area contributed by atoms with Gasteiger partial charge in [0.15, 0.2) is 5.82 Å². The summed E-state index contributed by atoms with van der Waals surface area (Å²) in [6, 6.07) is 2.53. The van der Waals surface area contributed by atoms with E-state index in [-0.39, 0.29) is 11.4 Å². The molecule has 0 aliphatic carbocycles. The van der Waals surface area contributed by atoms with E-state index < -0.39 is 37.3 Å². The second-order valence-electron chi connectivity index (χ2n) is 3.76. The minimum atomic E-state index is -3.98. The van der Waals surface area contributed by atoms with Crippen molar-refractivity contribution in [1.29, 1.82) is 0 Å². The molecule has 1 aromatic rings.